The lowest BCUT2D eigenvalue weighted by atomic mass is 10.2. The molecule has 2 aromatic carbocycles. The van der Waals surface area contributed by atoms with E-state index in [0.717, 1.165) is 52.7 Å². The fourth-order valence-corrected chi connectivity index (χ4v) is 6.24. The molecule has 0 aliphatic carbocycles. The smallest absolute Gasteiger partial charge is 0.113 e. The first kappa shape index (κ1) is 21.6. The number of hydrogen-bond acceptors (Lipinski definition) is 4. The number of rotatable bonds is 5. The molecule has 2 atom stereocenters. The van der Waals surface area contributed by atoms with Gasteiger partial charge < -0.3 is 9.67 Å². The van der Waals surface area contributed by atoms with Crippen LogP contribution in [-0.2, 0) is 6.54 Å². The lowest BCUT2D eigenvalue weighted by Gasteiger charge is -2.41. The summed E-state index contributed by atoms with van der Waals surface area (Å²) in [5.74, 6) is 0. The molecule has 4 nitrogen and oxygen atoms in total. The van der Waals surface area contributed by atoms with Crippen LogP contribution in [0, 0.1) is 0 Å². The average molecular weight is 563 g/mol. The molecule has 2 aromatic heterocycles. The third kappa shape index (κ3) is 4.24. The average Bonchev–Trinajstić information content (AvgIpc) is 3.36. The second-order valence-electron chi connectivity index (χ2n) is 8.24. The molecule has 0 radical (unpaired) electrons. The van der Waals surface area contributed by atoms with E-state index in [9.17, 15) is 5.11 Å². The van der Waals surface area contributed by atoms with Gasteiger partial charge in [-0.2, -0.15) is 0 Å². The van der Waals surface area contributed by atoms with Gasteiger partial charge in [-0.3, -0.25) is 9.80 Å². The van der Waals surface area contributed by atoms with Crippen LogP contribution in [0.3, 0.4) is 0 Å². The SMILES string of the molecule is CC(O)C(N1CCN(Cc2cccs2)CC1)n1c2ccc(Br)cc2c2cc(Br)ccc21. The molecule has 1 saturated heterocycles. The maximum absolute atomic E-state index is 10.9. The Balaban J connectivity index is 1.51. The van der Waals surface area contributed by atoms with Gasteiger partial charge in [0.05, 0.1) is 17.1 Å². The van der Waals surface area contributed by atoms with Gasteiger partial charge in [0.25, 0.3) is 0 Å². The fraction of sp³-hybridized carbons (Fsp3) is 0.333. The lowest BCUT2D eigenvalue weighted by Crippen LogP contribution is -2.50. The topological polar surface area (TPSA) is 31.6 Å². The standard InChI is InChI=1S/C24H25Br2N3OS/c1-16(30)24(28-10-8-27(9-11-28)15-19-3-2-12-31-19)29-22-6-4-17(25)13-20(22)21-14-18(26)5-7-23(21)29/h2-7,12-14,16,24,30H,8-11,15H2,1H3. The normalized spacial score (nSPS) is 18.1. The molecule has 0 saturated carbocycles. The van der Waals surface area contributed by atoms with Crippen molar-refractivity contribution in [3.63, 3.8) is 0 Å². The molecule has 1 N–H and O–H groups in total. The second-order valence-corrected chi connectivity index (χ2v) is 11.1. The molecule has 1 aliphatic heterocycles. The van der Waals surface area contributed by atoms with Crippen molar-refractivity contribution in [2.24, 2.45) is 0 Å². The van der Waals surface area contributed by atoms with E-state index < -0.39 is 6.10 Å². The molecule has 1 fully saturated rings. The molecule has 0 bridgehead atoms. The highest BCUT2D eigenvalue weighted by Gasteiger charge is 2.31. The highest BCUT2D eigenvalue weighted by atomic mass is 79.9. The van der Waals surface area contributed by atoms with Gasteiger partial charge in [0.2, 0.25) is 0 Å². The van der Waals surface area contributed by atoms with Crippen molar-refractivity contribution in [3.8, 4) is 0 Å². The number of aromatic nitrogens is 1. The van der Waals surface area contributed by atoms with E-state index in [2.05, 4.69) is 100 Å². The Morgan fingerprint density at radius 1 is 0.935 bits per heavy atom. The maximum atomic E-state index is 10.9. The van der Waals surface area contributed by atoms with Crippen molar-refractivity contribution >= 4 is 65.0 Å². The molecule has 0 amide bonds. The van der Waals surface area contributed by atoms with E-state index in [-0.39, 0.29) is 6.17 Å². The monoisotopic (exact) mass is 561 g/mol. The summed E-state index contributed by atoms with van der Waals surface area (Å²) in [7, 11) is 0. The Labute approximate surface area is 203 Å². The number of piperazine rings is 1. The quantitative estimate of drug-likeness (QED) is 0.320. The molecule has 1 aliphatic rings. The molecule has 0 spiro atoms. The number of aliphatic hydroxyl groups is 1. The van der Waals surface area contributed by atoms with Gasteiger partial charge in [0.1, 0.15) is 6.17 Å². The minimum Gasteiger partial charge on any atom is -0.390 e. The first-order chi connectivity index (χ1) is 15.0. The summed E-state index contributed by atoms with van der Waals surface area (Å²) >= 11 is 9.09. The van der Waals surface area contributed by atoms with Gasteiger partial charge in [-0.15, -0.1) is 11.3 Å². The highest BCUT2D eigenvalue weighted by Crippen LogP contribution is 2.37. The van der Waals surface area contributed by atoms with Gasteiger partial charge in [0, 0.05) is 57.3 Å². The van der Waals surface area contributed by atoms with Crippen molar-refractivity contribution in [3.05, 3.63) is 67.7 Å². The maximum Gasteiger partial charge on any atom is 0.113 e. The fourth-order valence-electron chi connectivity index (χ4n) is 4.78. The first-order valence-corrected chi connectivity index (χ1v) is 13.0. The predicted molar refractivity (Wildman–Crippen MR) is 137 cm³/mol. The van der Waals surface area contributed by atoms with E-state index >= 15 is 0 Å². The number of nitrogens with zero attached hydrogens (tertiary/aromatic N) is 3. The van der Waals surface area contributed by atoms with Crippen LogP contribution < -0.4 is 0 Å². The molecule has 5 rings (SSSR count). The van der Waals surface area contributed by atoms with Crippen LogP contribution >= 0.6 is 43.2 Å². The number of fused-ring (bicyclic) bond motifs is 3. The summed E-state index contributed by atoms with van der Waals surface area (Å²) in [6.07, 6.45) is -0.596. The molecule has 162 valence electrons. The summed E-state index contributed by atoms with van der Waals surface area (Å²) in [6.45, 7) is 6.83. The largest absolute Gasteiger partial charge is 0.390 e. The van der Waals surface area contributed by atoms with E-state index in [4.69, 9.17) is 0 Å². The molecule has 2 unspecified atom stereocenters. The molecule has 31 heavy (non-hydrogen) atoms. The van der Waals surface area contributed by atoms with E-state index in [1.54, 1.807) is 0 Å². The molecule has 7 heteroatoms. The summed E-state index contributed by atoms with van der Waals surface area (Å²) in [6, 6.07) is 17.2. The summed E-state index contributed by atoms with van der Waals surface area (Å²) in [5, 5.41) is 15.5. The van der Waals surface area contributed by atoms with Crippen molar-refractivity contribution < 1.29 is 5.11 Å². The Morgan fingerprint density at radius 2 is 1.55 bits per heavy atom. The van der Waals surface area contributed by atoms with Crippen LogP contribution in [0.15, 0.2) is 62.9 Å². The molecule has 4 aromatic rings. The van der Waals surface area contributed by atoms with Crippen LogP contribution in [0.4, 0.5) is 0 Å². The van der Waals surface area contributed by atoms with E-state index in [1.807, 2.05) is 18.3 Å². The van der Waals surface area contributed by atoms with Gasteiger partial charge in [-0.05, 0) is 54.8 Å². The van der Waals surface area contributed by atoms with Crippen molar-refractivity contribution in [2.75, 3.05) is 26.2 Å². The zero-order valence-corrected chi connectivity index (χ0v) is 21.3. The number of benzene rings is 2. The van der Waals surface area contributed by atoms with Crippen LogP contribution in [0.25, 0.3) is 21.8 Å². The molecular formula is C24H25Br2N3OS. The zero-order chi connectivity index (χ0) is 21.5. The second kappa shape index (κ2) is 8.96. The summed E-state index contributed by atoms with van der Waals surface area (Å²) < 4.78 is 4.47. The van der Waals surface area contributed by atoms with Gasteiger partial charge >= 0.3 is 0 Å². The van der Waals surface area contributed by atoms with Crippen LogP contribution in [0.1, 0.15) is 18.0 Å². The third-order valence-corrected chi connectivity index (χ3v) is 8.01. The highest BCUT2D eigenvalue weighted by molar-refractivity contribution is 9.10. The summed E-state index contributed by atoms with van der Waals surface area (Å²) in [5.41, 5.74) is 2.31. The number of halogens is 2. The summed E-state index contributed by atoms with van der Waals surface area (Å²) in [4.78, 5) is 6.37. The lowest BCUT2D eigenvalue weighted by molar-refractivity contribution is -0.00663. The van der Waals surface area contributed by atoms with Crippen LogP contribution in [0.2, 0.25) is 0 Å². The zero-order valence-electron chi connectivity index (χ0n) is 17.3. The van der Waals surface area contributed by atoms with Gasteiger partial charge in [0.15, 0.2) is 0 Å². The van der Waals surface area contributed by atoms with Gasteiger partial charge in [-0.25, -0.2) is 0 Å². The number of thiophene rings is 1. The first-order valence-electron chi connectivity index (χ1n) is 10.6. The minimum absolute atomic E-state index is 0.105. The molecule has 3 heterocycles. The van der Waals surface area contributed by atoms with E-state index in [1.165, 1.54) is 15.6 Å². The Bertz CT molecular complexity index is 1140. The van der Waals surface area contributed by atoms with Gasteiger partial charge in [-0.1, -0.05) is 37.9 Å². The number of aliphatic hydroxyl groups excluding tert-OH is 1. The Kier molecular flexibility index (Phi) is 6.25. The van der Waals surface area contributed by atoms with Crippen molar-refractivity contribution in [2.45, 2.75) is 25.7 Å². The number of hydrogen-bond donors (Lipinski definition) is 1. The Hall–Kier alpha value is -1.22. The van der Waals surface area contributed by atoms with E-state index in [0.29, 0.717) is 0 Å². The predicted octanol–water partition coefficient (Wildman–Crippen LogP) is 6.08. The van der Waals surface area contributed by atoms with Crippen LogP contribution in [-0.4, -0.2) is 51.8 Å². The van der Waals surface area contributed by atoms with Crippen molar-refractivity contribution in [1.29, 1.82) is 0 Å². The Morgan fingerprint density at radius 3 is 2.06 bits per heavy atom. The van der Waals surface area contributed by atoms with Crippen molar-refractivity contribution in [1.82, 2.24) is 14.4 Å². The molecular weight excluding hydrogens is 538 g/mol. The minimum atomic E-state index is -0.491. The van der Waals surface area contributed by atoms with Crippen LogP contribution in [0.5, 0.6) is 0 Å². The third-order valence-electron chi connectivity index (χ3n) is 6.16.